The minimum absolute atomic E-state index is 0.0439. The Morgan fingerprint density at radius 2 is 1.73 bits per heavy atom. The first-order valence-corrected chi connectivity index (χ1v) is 12.0. The number of unbranched alkanes of at least 4 members (excludes halogenated alkanes) is 2. The van der Waals surface area contributed by atoms with Crippen molar-refractivity contribution in [2.45, 2.75) is 57.8 Å². The van der Waals surface area contributed by atoms with Crippen LogP contribution < -0.4 is 14.8 Å². The van der Waals surface area contributed by atoms with Gasteiger partial charge in [0.2, 0.25) is 12.7 Å². The highest BCUT2D eigenvalue weighted by Gasteiger charge is 2.51. The number of carbonyl (C=O) groups excluding carboxylic acids is 1. The van der Waals surface area contributed by atoms with E-state index in [0.29, 0.717) is 0 Å². The van der Waals surface area contributed by atoms with E-state index < -0.39 is 5.41 Å². The van der Waals surface area contributed by atoms with Crippen molar-refractivity contribution < 1.29 is 14.3 Å². The van der Waals surface area contributed by atoms with Gasteiger partial charge in [-0.05, 0) is 84.7 Å². The molecule has 2 aliphatic rings. The van der Waals surface area contributed by atoms with Crippen LogP contribution in [-0.4, -0.2) is 12.7 Å². The summed E-state index contributed by atoms with van der Waals surface area (Å²) in [5.74, 6) is 1.51. The number of nitrogens with one attached hydrogen (secondary N) is 1. The van der Waals surface area contributed by atoms with Crippen LogP contribution in [0.5, 0.6) is 11.5 Å². The predicted molar refractivity (Wildman–Crippen MR) is 132 cm³/mol. The van der Waals surface area contributed by atoms with Crippen molar-refractivity contribution >= 4 is 11.6 Å². The van der Waals surface area contributed by atoms with Crippen LogP contribution >= 0.6 is 0 Å². The SMILES string of the molecule is CCCCCc1ccc(-c2cc(NC(=O)C3(c4ccc5c(c4)OCO5)CC3)ccc2C)cc1. The van der Waals surface area contributed by atoms with E-state index in [1.807, 2.05) is 24.3 Å². The van der Waals surface area contributed by atoms with Crippen LogP contribution in [0.2, 0.25) is 0 Å². The molecule has 1 aliphatic heterocycles. The smallest absolute Gasteiger partial charge is 0.235 e. The Morgan fingerprint density at radius 3 is 2.48 bits per heavy atom. The molecule has 170 valence electrons. The molecule has 4 nitrogen and oxygen atoms in total. The van der Waals surface area contributed by atoms with E-state index in [1.165, 1.54) is 36.0 Å². The first kappa shape index (κ1) is 21.6. The topological polar surface area (TPSA) is 47.6 Å². The average molecular weight is 442 g/mol. The van der Waals surface area contributed by atoms with Gasteiger partial charge in [-0.25, -0.2) is 0 Å². The lowest BCUT2D eigenvalue weighted by atomic mass is 9.94. The number of hydrogen-bond acceptors (Lipinski definition) is 3. The zero-order valence-corrected chi connectivity index (χ0v) is 19.4. The fraction of sp³-hybridized carbons (Fsp3) is 0.345. The number of hydrogen-bond donors (Lipinski definition) is 1. The van der Waals surface area contributed by atoms with Gasteiger partial charge in [-0.1, -0.05) is 56.2 Å². The van der Waals surface area contributed by atoms with Crippen LogP contribution in [0.1, 0.15) is 55.7 Å². The molecule has 1 saturated carbocycles. The van der Waals surface area contributed by atoms with Crippen molar-refractivity contribution in [1.29, 1.82) is 0 Å². The summed E-state index contributed by atoms with van der Waals surface area (Å²) in [5, 5.41) is 3.18. The van der Waals surface area contributed by atoms with Crippen LogP contribution in [0.15, 0.2) is 60.7 Å². The molecule has 1 aliphatic carbocycles. The second-order valence-corrected chi connectivity index (χ2v) is 9.29. The molecule has 1 N–H and O–H groups in total. The van der Waals surface area contributed by atoms with Crippen LogP contribution in [0.4, 0.5) is 5.69 Å². The maximum absolute atomic E-state index is 13.3. The molecule has 0 saturated heterocycles. The largest absolute Gasteiger partial charge is 0.454 e. The van der Waals surface area contributed by atoms with Crippen molar-refractivity contribution in [3.05, 3.63) is 77.4 Å². The summed E-state index contributed by atoms with van der Waals surface area (Å²) in [6.07, 6.45) is 6.57. The Bertz CT molecular complexity index is 1160. The monoisotopic (exact) mass is 441 g/mol. The molecule has 0 bridgehead atoms. The number of benzene rings is 3. The van der Waals surface area contributed by atoms with Gasteiger partial charge in [-0.3, -0.25) is 4.79 Å². The molecule has 3 aromatic rings. The van der Waals surface area contributed by atoms with E-state index in [-0.39, 0.29) is 12.7 Å². The Hall–Kier alpha value is -3.27. The zero-order chi connectivity index (χ0) is 22.8. The number of rotatable bonds is 8. The second kappa shape index (κ2) is 8.93. The summed E-state index contributed by atoms with van der Waals surface area (Å²) in [5.41, 5.74) is 6.26. The van der Waals surface area contributed by atoms with Gasteiger partial charge in [0.05, 0.1) is 5.41 Å². The van der Waals surface area contributed by atoms with E-state index >= 15 is 0 Å². The number of carbonyl (C=O) groups is 1. The highest BCUT2D eigenvalue weighted by atomic mass is 16.7. The van der Waals surface area contributed by atoms with Crippen molar-refractivity contribution in [1.82, 2.24) is 0 Å². The lowest BCUT2D eigenvalue weighted by Crippen LogP contribution is -2.27. The molecule has 0 atom stereocenters. The van der Waals surface area contributed by atoms with Gasteiger partial charge in [-0.2, -0.15) is 0 Å². The van der Waals surface area contributed by atoms with Crippen molar-refractivity contribution in [3.63, 3.8) is 0 Å². The van der Waals surface area contributed by atoms with Crippen molar-refractivity contribution in [2.75, 3.05) is 12.1 Å². The maximum Gasteiger partial charge on any atom is 0.235 e. The van der Waals surface area contributed by atoms with Gasteiger partial charge in [0.15, 0.2) is 11.5 Å². The molecular weight excluding hydrogens is 410 g/mol. The maximum atomic E-state index is 13.3. The molecule has 0 aromatic heterocycles. The number of ether oxygens (including phenoxy) is 2. The summed E-state index contributed by atoms with van der Waals surface area (Å²) in [4.78, 5) is 13.3. The van der Waals surface area contributed by atoms with Gasteiger partial charge < -0.3 is 14.8 Å². The molecule has 1 heterocycles. The molecule has 5 rings (SSSR count). The molecule has 1 fully saturated rings. The molecule has 1 amide bonds. The van der Waals surface area contributed by atoms with Gasteiger partial charge in [0.25, 0.3) is 0 Å². The molecular formula is C29H31NO3. The van der Waals surface area contributed by atoms with Gasteiger partial charge in [0, 0.05) is 5.69 Å². The third-order valence-electron chi connectivity index (χ3n) is 6.94. The van der Waals surface area contributed by atoms with Crippen molar-refractivity contribution in [3.8, 4) is 22.6 Å². The molecule has 0 unspecified atom stereocenters. The van der Waals surface area contributed by atoms with Gasteiger partial charge in [0.1, 0.15) is 0 Å². The molecule has 3 aromatic carbocycles. The Balaban J connectivity index is 1.33. The fourth-order valence-electron chi connectivity index (χ4n) is 4.66. The number of anilines is 1. The van der Waals surface area contributed by atoms with Crippen molar-refractivity contribution in [2.24, 2.45) is 0 Å². The van der Waals surface area contributed by atoms with Crippen LogP contribution in [0.3, 0.4) is 0 Å². The Labute approximate surface area is 195 Å². The van der Waals surface area contributed by atoms with E-state index in [2.05, 4.69) is 55.6 Å². The third-order valence-corrected chi connectivity index (χ3v) is 6.94. The number of fused-ring (bicyclic) bond motifs is 1. The average Bonchev–Trinajstić information content (AvgIpc) is 3.52. The van der Waals surface area contributed by atoms with Crippen LogP contribution in [0.25, 0.3) is 11.1 Å². The molecule has 4 heteroatoms. The first-order chi connectivity index (χ1) is 16.1. The molecule has 0 radical (unpaired) electrons. The fourth-order valence-corrected chi connectivity index (χ4v) is 4.66. The highest BCUT2D eigenvalue weighted by Crippen LogP contribution is 2.51. The number of aryl methyl sites for hydroxylation is 2. The summed E-state index contributed by atoms with van der Waals surface area (Å²) >= 11 is 0. The van der Waals surface area contributed by atoms with Gasteiger partial charge >= 0.3 is 0 Å². The van der Waals surface area contributed by atoms with E-state index in [0.717, 1.165) is 47.6 Å². The lowest BCUT2D eigenvalue weighted by Gasteiger charge is -2.17. The lowest BCUT2D eigenvalue weighted by molar-refractivity contribution is -0.118. The van der Waals surface area contributed by atoms with E-state index in [1.54, 1.807) is 0 Å². The van der Waals surface area contributed by atoms with E-state index in [9.17, 15) is 4.79 Å². The quantitative estimate of drug-likeness (QED) is 0.391. The van der Waals surface area contributed by atoms with Crippen LogP contribution in [-0.2, 0) is 16.6 Å². The summed E-state index contributed by atoms with van der Waals surface area (Å²) in [6, 6.07) is 20.9. The van der Waals surface area contributed by atoms with Gasteiger partial charge in [-0.15, -0.1) is 0 Å². The Kier molecular flexibility index (Phi) is 5.84. The molecule has 33 heavy (non-hydrogen) atoms. The summed E-state index contributed by atoms with van der Waals surface area (Å²) in [6.45, 7) is 4.59. The normalized spacial score (nSPS) is 15.3. The van der Waals surface area contributed by atoms with Crippen LogP contribution in [0, 0.1) is 6.92 Å². The van der Waals surface area contributed by atoms with E-state index in [4.69, 9.17) is 9.47 Å². The Morgan fingerprint density at radius 1 is 0.939 bits per heavy atom. The predicted octanol–water partition coefficient (Wildman–Crippen LogP) is 6.79. The second-order valence-electron chi connectivity index (χ2n) is 9.29. The molecule has 0 spiro atoms. The zero-order valence-electron chi connectivity index (χ0n) is 19.4. The standard InChI is InChI=1S/C29H31NO3/c1-3-4-5-6-21-8-10-22(11-9-21)25-18-24(13-7-20(25)2)30-28(31)29(15-16-29)23-12-14-26-27(17-23)33-19-32-26/h7-14,17-18H,3-6,15-16,19H2,1-2H3,(H,30,31). The number of amides is 1. The third kappa shape index (κ3) is 4.35. The highest BCUT2D eigenvalue weighted by molar-refractivity contribution is 6.02. The minimum Gasteiger partial charge on any atom is -0.454 e. The summed E-state index contributed by atoms with van der Waals surface area (Å²) in [7, 11) is 0. The summed E-state index contributed by atoms with van der Waals surface area (Å²) < 4.78 is 10.9. The minimum atomic E-state index is -0.480. The first-order valence-electron chi connectivity index (χ1n) is 12.0.